The summed E-state index contributed by atoms with van der Waals surface area (Å²) in [4.78, 5) is 0. The number of nitrogens with one attached hydrogen (secondary N) is 1. The minimum absolute atomic E-state index is 0.0862. The molecular formula is C19H24N4O2. The molecule has 0 bridgehead atoms. The van der Waals surface area contributed by atoms with Crippen LogP contribution in [0.1, 0.15) is 54.8 Å². The van der Waals surface area contributed by atoms with E-state index in [1.165, 1.54) is 12.8 Å². The molecule has 6 heteroatoms. The van der Waals surface area contributed by atoms with Crippen molar-refractivity contribution in [2.24, 2.45) is 0 Å². The van der Waals surface area contributed by atoms with Crippen LogP contribution in [0.15, 0.2) is 22.6 Å². The van der Waals surface area contributed by atoms with E-state index < -0.39 is 0 Å². The lowest BCUT2D eigenvalue weighted by atomic mass is 10.1. The van der Waals surface area contributed by atoms with Crippen LogP contribution >= 0.6 is 0 Å². The van der Waals surface area contributed by atoms with Gasteiger partial charge in [-0.15, -0.1) is 10.2 Å². The Balaban J connectivity index is 1.54. The summed E-state index contributed by atoms with van der Waals surface area (Å²) in [5.74, 6) is 3.80. The minimum atomic E-state index is 0.0862. The fraction of sp³-hybridized carbons (Fsp3) is 0.474. The first kappa shape index (κ1) is 16.1. The molecule has 4 rings (SSSR count). The SMILES string of the molecule is COc1ccc2oc(C(C)NCc3nnc(C)n3C3CC3)c(C)c2c1. The molecule has 2 aromatic heterocycles. The highest BCUT2D eigenvalue weighted by atomic mass is 16.5. The van der Waals surface area contributed by atoms with Crippen molar-refractivity contribution < 1.29 is 9.15 Å². The maximum Gasteiger partial charge on any atom is 0.147 e. The lowest BCUT2D eigenvalue weighted by molar-refractivity contribution is 0.415. The lowest BCUT2D eigenvalue weighted by Gasteiger charge is -2.13. The first-order valence-electron chi connectivity index (χ1n) is 8.79. The number of hydrogen-bond donors (Lipinski definition) is 1. The number of aromatic nitrogens is 3. The molecule has 132 valence electrons. The number of ether oxygens (including phenoxy) is 1. The Kier molecular flexibility index (Phi) is 4.00. The van der Waals surface area contributed by atoms with E-state index >= 15 is 0 Å². The molecule has 1 aliphatic rings. The zero-order valence-corrected chi connectivity index (χ0v) is 15.2. The molecule has 1 saturated carbocycles. The number of benzene rings is 1. The van der Waals surface area contributed by atoms with Gasteiger partial charge >= 0.3 is 0 Å². The molecule has 1 aromatic carbocycles. The van der Waals surface area contributed by atoms with Crippen molar-refractivity contribution in [3.05, 3.63) is 41.2 Å². The van der Waals surface area contributed by atoms with Gasteiger partial charge in [0.05, 0.1) is 19.7 Å². The highest BCUT2D eigenvalue weighted by molar-refractivity contribution is 5.83. The van der Waals surface area contributed by atoms with Crippen molar-refractivity contribution in [1.29, 1.82) is 0 Å². The van der Waals surface area contributed by atoms with Crippen LogP contribution in [0.4, 0.5) is 0 Å². The van der Waals surface area contributed by atoms with E-state index in [-0.39, 0.29) is 6.04 Å². The van der Waals surface area contributed by atoms with E-state index in [0.29, 0.717) is 12.6 Å². The van der Waals surface area contributed by atoms with Crippen LogP contribution in [0.3, 0.4) is 0 Å². The topological polar surface area (TPSA) is 65.1 Å². The van der Waals surface area contributed by atoms with Crippen LogP contribution < -0.4 is 10.1 Å². The molecule has 0 amide bonds. The minimum Gasteiger partial charge on any atom is -0.497 e. The van der Waals surface area contributed by atoms with Crippen molar-refractivity contribution >= 4 is 11.0 Å². The molecule has 6 nitrogen and oxygen atoms in total. The summed E-state index contributed by atoms with van der Waals surface area (Å²) in [6, 6.07) is 6.58. The molecule has 1 aliphatic carbocycles. The molecule has 2 heterocycles. The molecule has 3 aromatic rings. The molecule has 25 heavy (non-hydrogen) atoms. The summed E-state index contributed by atoms with van der Waals surface area (Å²) in [5.41, 5.74) is 2.03. The van der Waals surface area contributed by atoms with E-state index in [4.69, 9.17) is 9.15 Å². The van der Waals surface area contributed by atoms with Crippen LogP contribution in [-0.4, -0.2) is 21.9 Å². The van der Waals surface area contributed by atoms with Gasteiger partial charge in [0.25, 0.3) is 0 Å². The van der Waals surface area contributed by atoms with Crippen molar-refractivity contribution in [1.82, 2.24) is 20.1 Å². The predicted molar refractivity (Wildman–Crippen MR) is 95.8 cm³/mol. The second-order valence-electron chi connectivity index (χ2n) is 6.82. The molecule has 1 N–H and O–H groups in total. The normalized spacial score (nSPS) is 15.7. The van der Waals surface area contributed by atoms with Crippen LogP contribution in [0, 0.1) is 13.8 Å². The van der Waals surface area contributed by atoms with Gasteiger partial charge in [-0.2, -0.15) is 0 Å². The zero-order chi connectivity index (χ0) is 17.6. The Morgan fingerprint density at radius 1 is 1.32 bits per heavy atom. The fourth-order valence-electron chi connectivity index (χ4n) is 3.44. The molecule has 1 fully saturated rings. The van der Waals surface area contributed by atoms with E-state index in [9.17, 15) is 0 Å². The van der Waals surface area contributed by atoms with Gasteiger partial charge in [0, 0.05) is 17.0 Å². The summed E-state index contributed by atoms with van der Waals surface area (Å²) < 4.78 is 13.7. The molecule has 1 atom stereocenters. The summed E-state index contributed by atoms with van der Waals surface area (Å²) in [5, 5.41) is 13.2. The van der Waals surface area contributed by atoms with Crippen LogP contribution in [0.25, 0.3) is 11.0 Å². The monoisotopic (exact) mass is 340 g/mol. The van der Waals surface area contributed by atoms with Crippen LogP contribution in [0.2, 0.25) is 0 Å². The highest BCUT2D eigenvalue weighted by Gasteiger charge is 2.28. The zero-order valence-electron chi connectivity index (χ0n) is 15.2. The fourth-order valence-corrected chi connectivity index (χ4v) is 3.44. The number of hydrogen-bond acceptors (Lipinski definition) is 5. The highest BCUT2D eigenvalue weighted by Crippen LogP contribution is 2.36. The van der Waals surface area contributed by atoms with E-state index in [1.807, 2.05) is 25.1 Å². The Morgan fingerprint density at radius 3 is 2.84 bits per heavy atom. The quantitative estimate of drug-likeness (QED) is 0.739. The third kappa shape index (κ3) is 2.91. The summed E-state index contributed by atoms with van der Waals surface area (Å²) >= 11 is 0. The number of methoxy groups -OCH3 is 1. The first-order valence-corrected chi connectivity index (χ1v) is 8.79. The van der Waals surface area contributed by atoms with Crippen LogP contribution in [0.5, 0.6) is 5.75 Å². The average Bonchev–Trinajstić information content (AvgIpc) is 3.31. The maximum absolute atomic E-state index is 6.08. The van der Waals surface area contributed by atoms with E-state index in [1.54, 1.807) is 7.11 Å². The Labute approximate surface area is 147 Å². The lowest BCUT2D eigenvalue weighted by Crippen LogP contribution is -2.21. The molecular weight excluding hydrogens is 316 g/mol. The number of fused-ring (bicyclic) bond motifs is 1. The van der Waals surface area contributed by atoms with Gasteiger partial charge in [-0.1, -0.05) is 0 Å². The van der Waals surface area contributed by atoms with Crippen molar-refractivity contribution in [2.45, 2.75) is 52.2 Å². The van der Waals surface area contributed by atoms with Gasteiger partial charge in [-0.05, 0) is 51.8 Å². The summed E-state index contributed by atoms with van der Waals surface area (Å²) in [6.07, 6.45) is 2.46. The number of nitrogens with zero attached hydrogens (tertiary/aromatic N) is 3. The van der Waals surface area contributed by atoms with Gasteiger partial charge in [0.1, 0.15) is 28.7 Å². The Hall–Kier alpha value is -2.34. The van der Waals surface area contributed by atoms with Gasteiger partial charge in [-0.3, -0.25) is 0 Å². The van der Waals surface area contributed by atoms with Crippen LogP contribution in [-0.2, 0) is 6.54 Å². The molecule has 0 aliphatic heterocycles. The largest absolute Gasteiger partial charge is 0.497 e. The number of aryl methyl sites for hydroxylation is 2. The van der Waals surface area contributed by atoms with Crippen molar-refractivity contribution in [3.8, 4) is 5.75 Å². The third-order valence-corrected chi connectivity index (χ3v) is 4.99. The second kappa shape index (κ2) is 6.19. The molecule has 1 unspecified atom stereocenters. The van der Waals surface area contributed by atoms with E-state index in [0.717, 1.165) is 39.7 Å². The number of rotatable bonds is 6. The van der Waals surface area contributed by atoms with Gasteiger partial charge in [-0.25, -0.2) is 0 Å². The standard InChI is InChI=1S/C19H24N4O2/c1-11-16-9-15(24-4)7-8-17(16)25-19(11)12(2)20-10-18-22-21-13(3)23(18)14-5-6-14/h7-9,12,14,20H,5-6,10H2,1-4H3. The predicted octanol–water partition coefficient (Wildman–Crippen LogP) is 3.84. The summed E-state index contributed by atoms with van der Waals surface area (Å²) in [7, 11) is 1.68. The van der Waals surface area contributed by atoms with Crippen molar-refractivity contribution in [2.75, 3.05) is 7.11 Å². The summed E-state index contributed by atoms with van der Waals surface area (Å²) in [6.45, 7) is 6.91. The molecule has 0 radical (unpaired) electrons. The third-order valence-electron chi connectivity index (χ3n) is 4.99. The average molecular weight is 340 g/mol. The first-order chi connectivity index (χ1) is 12.1. The van der Waals surface area contributed by atoms with Crippen molar-refractivity contribution in [3.63, 3.8) is 0 Å². The Morgan fingerprint density at radius 2 is 2.12 bits per heavy atom. The second-order valence-corrected chi connectivity index (χ2v) is 6.82. The number of furan rings is 1. The van der Waals surface area contributed by atoms with E-state index in [2.05, 4.69) is 33.9 Å². The smallest absolute Gasteiger partial charge is 0.147 e. The van der Waals surface area contributed by atoms with Gasteiger partial charge in [0.2, 0.25) is 0 Å². The Bertz CT molecular complexity index is 908. The van der Waals surface area contributed by atoms with Gasteiger partial charge < -0.3 is 19.0 Å². The molecule has 0 spiro atoms. The maximum atomic E-state index is 6.08. The van der Waals surface area contributed by atoms with Gasteiger partial charge in [0.15, 0.2) is 0 Å². The molecule has 0 saturated heterocycles.